The van der Waals surface area contributed by atoms with Gasteiger partial charge in [-0.2, -0.15) is 0 Å². The van der Waals surface area contributed by atoms with Crippen molar-refractivity contribution >= 4 is 21.9 Å². The van der Waals surface area contributed by atoms with Gasteiger partial charge in [0.1, 0.15) is 5.75 Å². The summed E-state index contributed by atoms with van der Waals surface area (Å²) in [6.07, 6.45) is 0.0175. The van der Waals surface area contributed by atoms with Crippen molar-refractivity contribution in [1.82, 2.24) is 0 Å². The van der Waals surface area contributed by atoms with Crippen LogP contribution in [0.25, 0.3) is 0 Å². The summed E-state index contributed by atoms with van der Waals surface area (Å²) in [6.45, 7) is 0. The number of rotatable bonds is 3. The zero-order chi connectivity index (χ0) is 9.84. The van der Waals surface area contributed by atoms with Crippen LogP contribution in [-0.2, 0) is 11.2 Å². The van der Waals surface area contributed by atoms with Crippen LogP contribution in [0, 0.1) is 0 Å². The molecule has 0 fully saturated rings. The second kappa shape index (κ2) is 4.28. The number of carboxylic acid groups (broad SMARTS) is 1. The predicted molar refractivity (Wildman–Crippen MR) is 52.0 cm³/mol. The number of benzene rings is 1. The van der Waals surface area contributed by atoms with E-state index in [0.717, 1.165) is 10.0 Å². The Kier molecular flexibility index (Phi) is 3.31. The third kappa shape index (κ3) is 2.73. The maximum atomic E-state index is 10.4. The Labute approximate surface area is 84.5 Å². The molecule has 0 amide bonds. The second-order valence-corrected chi connectivity index (χ2v) is 3.39. The van der Waals surface area contributed by atoms with E-state index >= 15 is 0 Å². The smallest absolute Gasteiger partial charge is 0.307 e. The fraction of sp³-hybridized carbons (Fsp3) is 0.222. The number of methoxy groups -OCH3 is 1. The molecule has 0 unspecified atom stereocenters. The van der Waals surface area contributed by atoms with Crippen LogP contribution in [0.3, 0.4) is 0 Å². The van der Waals surface area contributed by atoms with Crippen molar-refractivity contribution in [3.63, 3.8) is 0 Å². The summed E-state index contributed by atoms with van der Waals surface area (Å²) in [5.41, 5.74) is 0.729. The van der Waals surface area contributed by atoms with Crippen molar-refractivity contribution in [2.24, 2.45) is 0 Å². The molecule has 1 aromatic rings. The molecule has 0 heterocycles. The first-order valence-corrected chi connectivity index (χ1v) is 4.47. The molecular weight excluding hydrogens is 236 g/mol. The van der Waals surface area contributed by atoms with Crippen molar-refractivity contribution in [1.29, 1.82) is 0 Å². The first kappa shape index (κ1) is 10.1. The summed E-state index contributed by atoms with van der Waals surface area (Å²) in [5.74, 6) is -0.192. The average Bonchev–Trinajstić information content (AvgIpc) is 2.07. The lowest BCUT2D eigenvalue weighted by Crippen LogP contribution is -2.00. The van der Waals surface area contributed by atoms with Crippen molar-refractivity contribution in [2.75, 3.05) is 7.11 Å². The van der Waals surface area contributed by atoms with Crippen LogP contribution >= 0.6 is 15.9 Å². The second-order valence-electron chi connectivity index (χ2n) is 2.54. The Bertz CT molecular complexity index is 323. The minimum Gasteiger partial charge on any atom is -0.496 e. The zero-order valence-electron chi connectivity index (χ0n) is 7.08. The normalized spacial score (nSPS) is 9.69. The summed E-state index contributed by atoms with van der Waals surface area (Å²) in [5, 5.41) is 8.55. The SMILES string of the molecule is COc1cc(CC(=O)O)ccc1Br. The minimum atomic E-state index is -0.843. The Balaban J connectivity index is 2.92. The fourth-order valence-electron chi connectivity index (χ4n) is 0.989. The summed E-state index contributed by atoms with van der Waals surface area (Å²) >= 11 is 3.28. The van der Waals surface area contributed by atoms with Crippen LogP contribution < -0.4 is 4.74 Å². The van der Waals surface area contributed by atoms with Gasteiger partial charge in [-0.25, -0.2) is 0 Å². The number of carboxylic acids is 1. The molecule has 0 aromatic heterocycles. The quantitative estimate of drug-likeness (QED) is 0.886. The monoisotopic (exact) mass is 244 g/mol. The number of ether oxygens (including phenoxy) is 1. The highest BCUT2D eigenvalue weighted by molar-refractivity contribution is 9.10. The van der Waals surface area contributed by atoms with Crippen LogP contribution in [0.15, 0.2) is 22.7 Å². The highest BCUT2D eigenvalue weighted by atomic mass is 79.9. The van der Waals surface area contributed by atoms with E-state index in [1.807, 2.05) is 0 Å². The first-order valence-electron chi connectivity index (χ1n) is 3.67. The summed E-state index contributed by atoms with van der Waals surface area (Å²) in [4.78, 5) is 10.4. The van der Waals surface area contributed by atoms with Crippen LogP contribution in [-0.4, -0.2) is 18.2 Å². The van der Waals surface area contributed by atoms with Gasteiger partial charge in [0, 0.05) is 0 Å². The van der Waals surface area contributed by atoms with Gasteiger partial charge in [-0.05, 0) is 33.6 Å². The molecule has 0 saturated carbocycles. The fourth-order valence-corrected chi connectivity index (χ4v) is 1.40. The molecule has 1 N–H and O–H groups in total. The number of carbonyl (C=O) groups is 1. The predicted octanol–water partition coefficient (Wildman–Crippen LogP) is 2.08. The van der Waals surface area contributed by atoms with Gasteiger partial charge in [0.15, 0.2) is 0 Å². The van der Waals surface area contributed by atoms with Gasteiger partial charge in [0.2, 0.25) is 0 Å². The molecule has 1 aromatic carbocycles. The van der Waals surface area contributed by atoms with Crippen LogP contribution in [0.4, 0.5) is 0 Å². The molecule has 4 heteroatoms. The van der Waals surface area contributed by atoms with Crippen molar-refractivity contribution in [2.45, 2.75) is 6.42 Å². The van der Waals surface area contributed by atoms with E-state index in [0.29, 0.717) is 5.75 Å². The van der Waals surface area contributed by atoms with Gasteiger partial charge in [-0.15, -0.1) is 0 Å². The number of hydrogen-bond donors (Lipinski definition) is 1. The van der Waals surface area contributed by atoms with Gasteiger partial charge < -0.3 is 9.84 Å². The van der Waals surface area contributed by atoms with E-state index < -0.39 is 5.97 Å². The average molecular weight is 245 g/mol. The molecule has 3 nitrogen and oxygen atoms in total. The Morgan fingerprint density at radius 3 is 2.85 bits per heavy atom. The third-order valence-electron chi connectivity index (χ3n) is 1.57. The van der Waals surface area contributed by atoms with Gasteiger partial charge in [0.25, 0.3) is 0 Å². The molecular formula is C9H9BrO3. The standard InChI is InChI=1S/C9H9BrO3/c1-13-8-4-6(5-9(11)12)2-3-7(8)10/h2-4H,5H2,1H3,(H,11,12). The Morgan fingerprint density at radius 2 is 2.31 bits per heavy atom. The molecule has 70 valence electrons. The molecule has 0 atom stereocenters. The van der Waals surface area contributed by atoms with E-state index in [1.165, 1.54) is 0 Å². The van der Waals surface area contributed by atoms with Crippen LogP contribution in [0.5, 0.6) is 5.75 Å². The molecule has 1 rings (SSSR count). The molecule has 0 saturated heterocycles. The largest absolute Gasteiger partial charge is 0.496 e. The van der Waals surface area contributed by atoms with E-state index in [2.05, 4.69) is 15.9 Å². The van der Waals surface area contributed by atoms with Gasteiger partial charge in [0.05, 0.1) is 18.0 Å². The zero-order valence-corrected chi connectivity index (χ0v) is 8.67. The van der Waals surface area contributed by atoms with Crippen molar-refractivity contribution < 1.29 is 14.6 Å². The molecule has 0 radical (unpaired) electrons. The molecule has 0 aliphatic rings. The topological polar surface area (TPSA) is 46.5 Å². The van der Waals surface area contributed by atoms with E-state index in [9.17, 15) is 4.79 Å². The van der Waals surface area contributed by atoms with Gasteiger partial charge in [-0.3, -0.25) is 4.79 Å². The van der Waals surface area contributed by atoms with Crippen molar-refractivity contribution in [3.8, 4) is 5.75 Å². The summed E-state index contributed by atoms with van der Waals surface area (Å²) < 4.78 is 5.85. The lowest BCUT2D eigenvalue weighted by molar-refractivity contribution is -0.136. The lowest BCUT2D eigenvalue weighted by Gasteiger charge is -2.04. The van der Waals surface area contributed by atoms with Gasteiger partial charge >= 0.3 is 5.97 Å². The van der Waals surface area contributed by atoms with Crippen LogP contribution in [0.1, 0.15) is 5.56 Å². The number of hydrogen-bond acceptors (Lipinski definition) is 2. The van der Waals surface area contributed by atoms with E-state index in [4.69, 9.17) is 9.84 Å². The summed E-state index contributed by atoms with van der Waals surface area (Å²) in [7, 11) is 1.55. The molecule has 0 bridgehead atoms. The highest BCUT2D eigenvalue weighted by Gasteiger charge is 2.04. The maximum Gasteiger partial charge on any atom is 0.307 e. The molecule has 13 heavy (non-hydrogen) atoms. The number of aliphatic carboxylic acids is 1. The molecule has 0 aliphatic heterocycles. The van der Waals surface area contributed by atoms with E-state index in [1.54, 1.807) is 25.3 Å². The third-order valence-corrected chi connectivity index (χ3v) is 2.23. The van der Waals surface area contributed by atoms with Crippen molar-refractivity contribution in [3.05, 3.63) is 28.2 Å². The lowest BCUT2D eigenvalue weighted by atomic mass is 10.1. The van der Waals surface area contributed by atoms with E-state index in [-0.39, 0.29) is 6.42 Å². The highest BCUT2D eigenvalue weighted by Crippen LogP contribution is 2.25. The maximum absolute atomic E-state index is 10.4. The first-order chi connectivity index (χ1) is 6.13. The molecule has 0 aliphatic carbocycles. The Hall–Kier alpha value is -1.03. The summed E-state index contributed by atoms with van der Waals surface area (Å²) in [6, 6.07) is 5.23. The minimum absolute atomic E-state index is 0.0175. The van der Waals surface area contributed by atoms with Gasteiger partial charge in [-0.1, -0.05) is 6.07 Å². The number of halogens is 1. The Morgan fingerprint density at radius 1 is 1.62 bits per heavy atom. The van der Waals surface area contributed by atoms with Crippen LogP contribution in [0.2, 0.25) is 0 Å². The molecule has 0 spiro atoms.